The number of ether oxygens (including phenoxy) is 1. The molecular formula is C23H18O2. The highest BCUT2D eigenvalue weighted by molar-refractivity contribution is 6.09. The van der Waals surface area contributed by atoms with E-state index in [0.717, 1.165) is 18.2 Å². The van der Waals surface area contributed by atoms with Gasteiger partial charge in [0.05, 0.1) is 0 Å². The summed E-state index contributed by atoms with van der Waals surface area (Å²) in [7, 11) is 0. The van der Waals surface area contributed by atoms with Crippen molar-refractivity contribution in [3.63, 3.8) is 0 Å². The van der Waals surface area contributed by atoms with Gasteiger partial charge in [-0.25, -0.2) is 0 Å². The Morgan fingerprint density at radius 1 is 1.04 bits per heavy atom. The Kier molecular flexibility index (Phi) is 3.08. The lowest BCUT2D eigenvalue weighted by Crippen LogP contribution is -2.07. The lowest BCUT2D eigenvalue weighted by atomic mass is 9.80. The molecule has 0 saturated heterocycles. The van der Waals surface area contributed by atoms with E-state index in [1.54, 1.807) is 0 Å². The predicted molar refractivity (Wildman–Crippen MR) is 101 cm³/mol. The van der Waals surface area contributed by atoms with Crippen LogP contribution in [0, 0.1) is 0 Å². The molecule has 3 aromatic carbocycles. The molecule has 25 heavy (non-hydrogen) atoms. The first-order valence-corrected chi connectivity index (χ1v) is 8.74. The van der Waals surface area contributed by atoms with Gasteiger partial charge in [0.25, 0.3) is 0 Å². The largest absolute Gasteiger partial charge is 0.427 e. The van der Waals surface area contributed by atoms with Crippen LogP contribution in [0.25, 0.3) is 21.5 Å². The molecule has 2 aliphatic rings. The van der Waals surface area contributed by atoms with E-state index in [2.05, 4.69) is 48.6 Å². The van der Waals surface area contributed by atoms with Crippen molar-refractivity contribution in [1.82, 2.24) is 0 Å². The molecule has 0 N–H and O–H groups in total. The number of hydrogen-bond acceptors (Lipinski definition) is 2. The van der Waals surface area contributed by atoms with Crippen LogP contribution >= 0.6 is 0 Å². The highest BCUT2D eigenvalue weighted by atomic mass is 16.5. The molecule has 0 bridgehead atoms. The standard InChI is InChI=1S/C23H18O2/c1-14(24)25-17-7-10-19-16(13-17)6-9-23-21(19)12-11-20-18-4-2-3-15(18)5-8-22(20)23/h2-3,5-7,9-13,18H,4,8H2,1H3. The van der Waals surface area contributed by atoms with Crippen molar-refractivity contribution >= 4 is 27.5 Å². The Balaban J connectivity index is 1.70. The van der Waals surface area contributed by atoms with Gasteiger partial charge in [-0.3, -0.25) is 4.79 Å². The number of esters is 1. The molecule has 1 atom stereocenters. The molecule has 0 aromatic heterocycles. The monoisotopic (exact) mass is 326 g/mol. The molecule has 0 spiro atoms. The van der Waals surface area contributed by atoms with Gasteiger partial charge in [-0.05, 0) is 63.2 Å². The maximum Gasteiger partial charge on any atom is 0.308 e. The van der Waals surface area contributed by atoms with Gasteiger partial charge in [0.15, 0.2) is 0 Å². The van der Waals surface area contributed by atoms with Gasteiger partial charge in [0, 0.05) is 12.8 Å². The Morgan fingerprint density at radius 3 is 2.76 bits per heavy atom. The molecule has 2 nitrogen and oxygen atoms in total. The van der Waals surface area contributed by atoms with E-state index in [-0.39, 0.29) is 5.97 Å². The lowest BCUT2D eigenvalue weighted by Gasteiger charge is -2.23. The van der Waals surface area contributed by atoms with E-state index in [4.69, 9.17) is 4.74 Å². The van der Waals surface area contributed by atoms with Crippen LogP contribution in [-0.2, 0) is 11.2 Å². The summed E-state index contributed by atoms with van der Waals surface area (Å²) >= 11 is 0. The molecule has 0 aliphatic heterocycles. The van der Waals surface area contributed by atoms with Crippen molar-refractivity contribution in [2.24, 2.45) is 0 Å². The zero-order valence-electron chi connectivity index (χ0n) is 14.1. The van der Waals surface area contributed by atoms with Gasteiger partial charge in [0.2, 0.25) is 0 Å². The van der Waals surface area contributed by atoms with Gasteiger partial charge < -0.3 is 4.74 Å². The number of fused-ring (bicyclic) bond motifs is 7. The number of benzene rings is 3. The second kappa shape index (κ2) is 5.32. The summed E-state index contributed by atoms with van der Waals surface area (Å²) < 4.78 is 5.22. The number of rotatable bonds is 1. The summed E-state index contributed by atoms with van der Waals surface area (Å²) in [6.45, 7) is 1.43. The SMILES string of the molecule is CC(=O)Oc1ccc2c(ccc3c4c(ccc32)C2CC=CC2=CC4)c1. The Labute approximate surface area is 146 Å². The van der Waals surface area contributed by atoms with E-state index < -0.39 is 0 Å². The minimum Gasteiger partial charge on any atom is -0.427 e. The summed E-state index contributed by atoms with van der Waals surface area (Å²) in [6, 6.07) is 14.8. The van der Waals surface area contributed by atoms with Gasteiger partial charge in [0.1, 0.15) is 5.75 Å². The van der Waals surface area contributed by atoms with E-state index in [9.17, 15) is 4.79 Å². The third-order valence-corrected chi connectivity index (χ3v) is 5.40. The summed E-state index contributed by atoms with van der Waals surface area (Å²) in [5, 5.41) is 4.91. The second-order valence-corrected chi connectivity index (χ2v) is 6.87. The van der Waals surface area contributed by atoms with E-state index in [0.29, 0.717) is 11.7 Å². The van der Waals surface area contributed by atoms with Gasteiger partial charge in [-0.15, -0.1) is 0 Å². The Hall–Kier alpha value is -2.87. The van der Waals surface area contributed by atoms with Crippen molar-refractivity contribution < 1.29 is 9.53 Å². The maximum absolute atomic E-state index is 11.2. The fourth-order valence-electron chi connectivity index (χ4n) is 4.32. The normalized spacial score (nSPS) is 18.1. The number of hydrogen-bond donors (Lipinski definition) is 0. The summed E-state index contributed by atoms with van der Waals surface area (Å²) in [4.78, 5) is 11.2. The van der Waals surface area contributed by atoms with Crippen LogP contribution in [0.5, 0.6) is 5.75 Å². The fraction of sp³-hybridized carbons (Fsp3) is 0.174. The molecule has 0 radical (unpaired) electrons. The van der Waals surface area contributed by atoms with Crippen molar-refractivity contribution in [3.05, 3.63) is 77.4 Å². The lowest BCUT2D eigenvalue weighted by molar-refractivity contribution is -0.131. The second-order valence-electron chi connectivity index (χ2n) is 6.87. The molecule has 0 fully saturated rings. The van der Waals surface area contributed by atoms with Crippen LogP contribution in [0.3, 0.4) is 0 Å². The van der Waals surface area contributed by atoms with Gasteiger partial charge in [-0.1, -0.05) is 48.6 Å². The van der Waals surface area contributed by atoms with Crippen LogP contribution in [-0.4, -0.2) is 5.97 Å². The predicted octanol–water partition coefficient (Wildman–Crippen LogP) is 5.44. The third kappa shape index (κ3) is 2.21. The van der Waals surface area contributed by atoms with E-state index >= 15 is 0 Å². The van der Waals surface area contributed by atoms with Crippen LogP contribution in [0.15, 0.2) is 66.3 Å². The average Bonchev–Trinajstić information content (AvgIpc) is 3.09. The first-order chi connectivity index (χ1) is 12.2. The maximum atomic E-state index is 11.2. The molecule has 2 heteroatoms. The van der Waals surface area contributed by atoms with Crippen molar-refractivity contribution in [3.8, 4) is 5.75 Å². The Morgan fingerprint density at radius 2 is 1.88 bits per heavy atom. The topological polar surface area (TPSA) is 26.3 Å². The van der Waals surface area contributed by atoms with Crippen molar-refractivity contribution in [1.29, 1.82) is 0 Å². The van der Waals surface area contributed by atoms with Crippen molar-refractivity contribution in [2.75, 3.05) is 0 Å². The highest BCUT2D eigenvalue weighted by Gasteiger charge is 2.25. The van der Waals surface area contributed by atoms with Crippen LogP contribution in [0.4, 0.5) is 0 Å². The molecule has 0 heterocycles. The van der Waals surface area contributed by atoms with Crippen LogP contribution < -0.4 is 4.74 Å². The first kappa shape index (κ1) is 14.5. The quantitative estimate of drug-likeness (QED) is 0.338. The summed E-state index contributed by atoms with van der Waals surface area (Å²) in [5.41, 5.74) is 4.41. The minimum absolute atomic E-state index is 0.290. The molecule has 122 valence electrons. The first-order valence-electron chi connectivity index (χ1n) is 8.74. The van der Waals surface area contributed by atoms with Gasteiger partial charge in [-0.2, -0.15) is 0 Å². The van der Waals surface area contributed by atoms with Gasteiger partial charge >= 0.3 is 5.97 Å². The zero-order valence-corrected chi connectivity index (χ0v) is 14.1. The van der Waals surface area contributed by atoms with E-state index in [1.807, 2.05) is 12.1 Å². The highest BCUT2D eigenvalue weighted by Crippen LogP contribution is 2.43. The number of allylic oxidation sites excluding steroid dienone is 4. The summed E-state index contributed by atoms with van der Waals surface area (Å²) in [6.07, 6.45) is 9.05. The molecule has 5 rings (SSSR count). The smallest absolute Gasteiger partial charge is 0.308 e. The number of carbonyl (C=O) groups excluding carboxylic acids is 1. The zero-order chi connectivity index (χ0) is 17.0. The molecule has 1 unspecified atom stereocenters. The van der Waals surface area contributed by atoms with E-state index in [1.165, 1.54) is 39.8 Å². The fourth-order valence-corrected chi connectivity index (χ4v) is 4.32. The van der Waals surface area contributed by atoms with Crippen molar-refractivity contribution in [2.45, 2.75) is 25.7 Å². The molecule has 2 aliphatic carbocycles. The minimum atomic E-state index is -0.290. The summed E-state index contributed by atoms with van der Waals surface area (Å²) in [5.74, 6) is 0.846. The van der Waals surface area contributed by atoms with Crippen LogP contribution in [0.2, 0.25) is 0 Å². The average molecular weight is 326 g/mol. The number of carbonyl (C=O) groups is 1. The third-order valence-electron chi connectivity index (χ3n) is 5.40. The van der Waals surface area contributed by atoms with Crippen LogP contribution in [0.1, 0.15) is 30.4 Å². The molecule has 3 aromatic rings. The molecule has 0 amide bonds. The molecule has 0 saturated carbocycles. The molecular weight excluding hydrogens is 308 g/mol. The Bertz CT molecular complexity index is 1100.